The first kappa shape index (κ1) is 9.64. The highest BCUT2D eigenvalue weighted by Gasteiger charge is 2.10. The molecule has 3 nitrogen and oxygen atoms in total. The summed E-state index contributed by atoms with van der Waals surface area (Å²) < 4.78 is 27.5. The molecule has 0 fully saturated rings. The van der Waals surface area contributed by atoms with E-state index in [1.54, 1.807) is 13.0 Å². The number of hydrogen-bond acceptors (Lipinski definition) is 2. The third-order valence-corrected chi connectivity index (χ3v) is 2.00. The van der Waals surface area contributed by atoms with Crippen LogP contribution in [0.25, 0.3) is 5.69 Å². The summed E-state index contributed by atoms with van der Waals surface area (Å²) in [7, 11) is 0. The summed E-state index contributed by atoms with van der Waals surface area (Å²) in [6.07, 6.45) is 0. The molecule has 2 aromatic rings. The van der Waals surface area contributed by atoms with Crippen molar-refractivity contribution in [1.82, 2.24) is 9.78 Å². The van der Waals surface area contributed by atoms with Crippen molar-refractivity contribution in [2.24, 2.45) is 0 Å². The van der Waals surface area contributed by atoms with Gasteiger partial charge in [-0.3, -0.25) is 0 Å². The first-order valence-corrected chi connectivity index (χ1v) is 4.35. The van der Waals surface area contributed by atoms with E-state index >= 15 is 0 Å². The summed E-state index contributed by atoms with van der Waals surface area (Å²) in [5, 5.41) is 3.97. The molecule has 2 N–H and O–H groups in total. The van der Waals surface area contributed by atoms with Crippen LogP contribution in [0.2, 0.25) is 0 Å². The van der Waals surface area contributed by atoms with Crippen LogP contribution in [-0.2, 0) is 0 Å². The third kappa shape index (κ3) is 1.68. The second-order valence-corrected chi connectivity index (χ2v) is 3.22. The zero-order valence-corrected chi connectivity index (χ0v) is 8.04. The maximum Gasteiger partial charge on any atom is 0.149 e. The van der Waals surface area contributed by atoms with Gasteiger partial charge in [0.05, 0.1) is 5.69 Å². The molecule has 0 saturated heterocycles. The van der Waals surface area contributed by atoms with Gasteiger partial charge in [0.25, 0.3) is 0 Å². The van der Waals surface area contributed by atoms with Gasteiger partial charge < -0.3 is 5.73 Å². The summed E-state index contributed by atoms with van der Waals surface area (Å²) in [5.41, 5.74) is 6.27. The smallest absolute Gasteiger partial charge is 0.149 e. The molecule has 1 aromatic heterocycles. The minimum Gasteiger partial charge on any atom is -0.384 e. The average molecular weight is 209 g/mol. The molecule has 0 spiro atoms. The number of nitrogen functional groups attached to an aromatic ring is 1. The molecule has 5 heteroatoms. The number of anilines is 1. The predicted octanol–water partition coefficient (Wildman–Crippen LogP) is 2.04. The molecule has 1 heterocycles. The largest absolute Gasteiger partial charge is 0.384 e. The van der Waals surface area contributed by atoms with Gasteiger partial charge in [-0.1, -0.05) is 0 Å². The molecule has 0 bridgehead atoms. The Morgan fingerprint density at radius 2 is 2.00 bits per heavy atom. The van der Waals surface area contributed by atoms with Crippen molar-refractivity contribution >= 4 is 5.82 Å². The van der Waals surface area contributed by atoms with Crippen molar-refractivity contribution in [3.63, 3.8) is 0 Å². The molecule has 78 valence electrons. The summed E-state index contributed by atoms with van der Waals surface area (Å²) >= 11 is 0. The molecule has 0 amide bonds. The van der Waals surface area contributed by atoms with Crippen molar-refractivity contribution < 1.29 is 8.78 Å². The molecule has 0 atom stereocenters. The second-order valence-electron chi connectivity index (χ2n) is 3.22. The highest BCUT2D eigenvalue weighted by atomic mass is 19.1. The van der Waals surface area contributed by atoms with Crippen molar-refractivity contribution in [1.29, 1.82) is 0 Å². The maximum atomic E-state index is 13.4. The van der Waals surface area contributed by atoms with Gasteiger partial charge in [-0.25, -0.2) is 13.5 Å². The monoisotopic (exact) mass is 209 g/mol. The molecule has 2 rings (SSSR count). The Morgan fingerprint density at radius 3 is 2.60 bits per heavy atom. The van der Waals surface area contributed by atoms with E-state index in [-0.39, 0.29) is 11.5 Å². The highest BCUT2D eigenvalue weighted by Crippen LogP contribution is 2.18. The molecule has 0 radical (unpaired) electrons. The molecule has 0 aliphatic carbocycles. The van der Waals surface area contributed by atoms with E-state index in [2.05, 4.69) is 5.10 Å². The quantitative estimate of drug-likeness (QED) is 0.781. The van der Waals surface area contributed by atoms with Crippen LogP contribution in [0.4, 0.5) is 14.6 Å². The van der Waals surface area contributed by atoms with Gasteiger partial charge in [-0.2, -0.15) is 5.10 Å². The van der Waals surface area contributed by atoms with Crippen LogP contribution >= 0.6 is 0 Å². The minimum absolute atomic E-state index is 0.0144. The Bertz CT molecular complexity index is 505. The van der Waals surface area contributed by atoms with Gasteiger partial charge in [0.1, 0.15) is 23.1 Å². The number of nitrogens with zero attached hydrogens (tertiary/aromatic N) is 2. The van der Waals surface area contributed by atoms with Gasteiger partial charge in [0.15, 0.2) is 0 Å². The second kappa shape index (κ2) is 3.34. The van der Waals surface area contributed by atoms with Crippen LogP contribution in [0, 0.1) is 18.6 Å². The summed E-state index contributed by atoms with van der Waals surface area (Å²) in [6, 6.07) is 4.73. The number of hydrogen-bond donors (Lipinski definition) is 1. The lowest BCUT2D eigenvalue weighted by molar-refractivity contribution is 0.587. The van der Waals surface area contributed by atoms with E-state index in [9.17, 15) is 8.78 Å². The zero-order valence-electron chi connectivity index (χ0n) is 8.04. The van der Waals surface area contributed by atoms with Crippen LogP contribution in [0.5, 0.6) is 0 Å². The van der Waals surface area contributed by atoms with E-state index in [0.29, 0.717) is 5.69 Å². The number of nitrogens with two attached hydrogens (primary N) is 1. The van der Waals surface area contributed by atoms with Crippen LogP contribution in [0.3, 0.4) is 0 Å². The van der Waals surface area contributed by atoms with Crippen molar-refractivity contribution in [2.75, 3.05) is 5.73 Å². The van der Waals surface area contributed by atoms with E-state index in [4.69, 9.17) is 5.73 Å². The normalized spacial score (nSPS) is 10.6. The Balaban J connectivity index is 2.62. The summed E-state index contributed by atoms with van der Waals surface area (Å²) in [4.78, 5) is 0. The Kier molecular flexibility index (Phi) is 2.15. The third-order valence-electron chi connectivity index (χ3n) is 2.00. The van der Waals surface area contributed by atoms with Gasteiger partial charge in [-0.15, -0.1) is 0 Å². The van der Waals surface area contributed by atoms with Gasteiger partial charge in [-0.05, 0) is 19.1 Å². The van der Waals surface area contributed by atoms with Gasteiger partial charge in [0.2, 0.25) is 0 Å². The molecule has 0 aliphatic heterocycles. The SMILES string of the molecule is Cc1cc(N)n(-c2cc(F)ccc2F)n1. The van der Waals surface area contributed by atoms with Gasteiger partial charge in [0, 0.05) is 12.1 Å². The zero-order chi connectivity index (χ0) is 11.0. The lowest BCUT2D eigenvalue weighted by atomic mass is 10.3. The summed E-state index contributed by atoms with van der Waals surface area (Å²) in [5.74, 6) is -0.817. The van der Waals surface area contributed by atoms with E-state index in [1.165, 1.54) is 4.68 Å². The Hall–Kier alpha value is -1.91. The maximum absolute atomic E-state index is 13.4. The van der Waals surface area contributed by atoms with Gasteiger partial charge >= 0.3 is 0 Å². The van der Waals surface area contributed by atoms with E-state index in [1.807, 2.05) is 0 Å². The average Bonchev–Trinajstić information content (AvgIpc) is 2.50. The summed E-state index contributed by atoms with van der Waals surface area (Å²) in [6.45, 7) is 1.73. The fourth-order valence-corrected chi connectivity index (χ4v) is 1.36. The number of rotatable bonds is 1. The topological polar surface area (TPSA) is 43.8 Å². The first-order valence-electron chi connectivity index (χ1n) is 4.35. The first-order chi connectivity index (χ1) is 7.08. The predicted molar refractivity (Wildman–Crippen MR) is 52.6 cm³/mol. The molecule has 0 saturated carbocycles. The van der Waals surface area contributed by atoms with Crippen LogP contribution in [0.15, 0.2) is 24.3 Å². The fraction of sp³-hybridized carbons (Fsp3) is 0.100. The molecule has 15 heavy (non-hydrogen) atoms. The van der Waals surface area contributed by atoms with E-state index in [0.717, 1.165) is 18.2 Å². The molecular weight excluding hydrogens is 200 g/mol. The fourth-order valence-electron chi connectivity index (χ4n) is 1.36. The highest BCUT2D eigenvalue weighted by molar-refractivity contribution is 5.43. The van der Waals surface area contributed by atoms with E-state index < -0.39 is 11.6 Å². The van der Waals surface area contributed by atoms with Crippen LogP contribution in [-0.4, -0.2) is 9.78 Å². The number of benzene rings is 1. The van der Waals surface area contributed by atoms with Crippen molar-refractivity contribution in [2.45, 2.75) is 6.92 Å². The lowest BCUT2D eigenvalue weighted by Crippen LogP contribution is -2.04. The molecular formula is C10H9F2N3. The van der Waals surface area contributed by atoms with Crippen LogP contribution in [0.1, 0.15) is 5.69 Å². The molecule has 0 unspecified atom stereocenters. The number of aryl methyl sites for hydroxylation is 1. The number of halogens is 2. The molecule has 0 aliphatic rings. The van der Waals surface area contributed by atoms with Crippen molar-refractivity contribution in [3.05, 3.63) is 41.6 Å². The van der Waals surface area contributed by atoms with Crippen LogP contribution < -0.4 is 5.73 Å². The van der Waals surface area contributed by atoms with Crippen molar-refractivity contribution in [3.8, 4) is 5.69 Å². The lowest BCUT2D eigenvalue weighted by Gasteiger charge is -2.04. The minimum atomic E-state index is -0.564. The standard InChI is InChI=1S/C10H9F2N3/c1-6-4-10(13)15(14-6)9-5-7(11)2-3-8(9)12/h2-5H,13H2,1H3. The Labute approximate surface area is 85.1 Å². The Morgan fingerprint density at radius 1 is 1.27 bits per heavy atom. The number of aromatic nitrogens is 2. The molecule has 1 aromatic carbocycles.